The first kappa shape index (κ1) is 19.5. The number of rotatable bonds is 6. The normalized spacial score (nSPS) is 17.7. The Morgan fingerprint density at radius 1 is 1.13 bits per heavy atom. The molecule has 1 fully saturated rings. The van der Waals surface area contributed by atoms with Gasteiger partial charge < -0.3 is 4.98 Å². The van der Waals surface area contributed by atoms with E-state index in [4.69, 9.17) is 0 Å². The molecule has 2 aromatic heterocycles. The predicted molar refractivity (Wildman–Crippen MR) is 120 cm³/mol. The van der Waals surface area contributed by atoms with E-state index in [1.807, 2.05) is 12.1 Å². The highest BCUT2D eigenvalue weighted by atomic mass is 32.2. The fourth-order valence-electron chi connectivity index (χ4n) is 4.34. The van der Waals surface area contributed by atoms with Crippen LogP contribution in [0.4, 0.5) is 0 Å². The molecule has 1 aliphatic heterocycles. The Morgan fingerprint density at radius 3 is 2.90 bits per heavy atom. The molecule has 0 amide bonds. The maximum Gasteiger partial charge on any atom is 0.200 e. The molecule has 0 radical (unpaired) electrons. The number of aromatic nitrogens is 2. The van der Waals surface area contributed by atoms with E-state index >= 15 is 0 Å². The van der Waals surface area contributed by atoms with E-state index in [9.17, 15) is 8.42 Å². The summed E-state index contributed by atoms with van der Waals surface area (Å²) in [6.45, 7) is 2.96. The largest absolute Gasteiger partial charge is 0.361 e. The van der Waals surface area contributed by atoms with Crippen LogP contribution in [0.15, 0.2) is 71.2 Å². The smallest absolute Gasteiger partial charge is 0.200 e. The van der Waals surface area contributed by atoms with Crippen molar-refractivity contribution < 1.29 is 8.42 Å². The van der Waals surface area contributed by atoms with E-state index in [1.165, 1.54) is 33.6 Å². The van der Waals surface area contributed by atoms with Crippen LogP contribution in [0.25, 0.3) is 10.9 Å². The number of aromatic amines is 1. The van der Waals surface area contributed by atoms with Crippen molar-refractivity contribution in [3.05, 3.63) is 82.9 Å². The van der Waals surface area contributed by atoms with E-state index in [0.29, 0.717) is 5.92 Å². The molecule has 1 atom stereocenters. The molecule has 0 spiro atoms. The van der Waals surface area contributed by atoms with Crippen LogP contribution < -0.4 is 0 Å². The van der Waals surface area contributed by atoms with Crippen LogP contribution in [0.1, 0.15) is 29.0 Å². The molecule has 1 unspecified atom stereocenters. The van der Waals surface area contributed by atoms with Crippen LogP contribution in [-0.2, 0) is 22.1 Å². The Bertz CT molecular complexity index is 1260. The quantitative estimate of drug-likeness (QED) is 0.479. The maximum absolute atomic E-state index is 12.6. The molecule has 2 aromatic carbocycles. The summed E-state index contributed by atoms with van der Waals surface area (Å²) in [6.07, 6.45) is 3.20. The van der Waals surface area contributed by atoms with Gasteiger partial charge >= 0.3 is 0 Å². The number of likely N-dealkylation sites (tertiary alicyclic amines) is 1. The molecule has 4 aromatic rings. The number of hydrogen-bond acceptors (Lipinski definition) is 5. The summed E-state index contributed by atoms with van der Waals surface area (Å²) in [4.78, 5) is 5.84. The van der Waals surface area contributed by atoms with Crippen LogP contribution >= 0.6 is 11.5 Å². The van der Waals surface area contributed by atoms with E-state index in [1.54, 1.807) is 11.4 Å². The highest BCUT2D eigenvalue weighted by Crippen LogP contribution is 2.30. The summed E-state index contributed by atoms with van der Waals surface area (Å²) >= 11 is 1.17. The Hall–Kier alpha value is -2.48. The third-order valence-electron chi connectivity index (χ3n) is 5.85. The van der Waals surface area contributed by atoms with E-state index in [2.05, 4.69) is 56.9 Å². The number of H-pyrrole nitrogens is 1. The van der Waals surface area contributed by atoms with Gasteiger partial charge in [0.15, 0.2) is 5.03 Å². The van der Waals surface area contributed by atoms with Crippen molar-refractivity contribution >= 4 is 32.3 Å². The number of hydrogen-bond donors (Lipinski definition) is 1. The average Bonchev–Trinajstić information content (AvgIpc) is 3.50. The topological polar surface area (TPSA) is 66.1 Å². The molecule has 3 heterocycles. The zero-order valence-electron chi connectivity index (χ0n) is 16.5. The summed E-state index contributed by atoms with van der Waals surface area (Å²) in [7, 11) is -3.39. The summed E-state index contributed by atoms with van der Waals surface area (Å²) in [5, 5.41) is 3.16. The highest BCUT2D eigenvalue weighted by molar-refractivity contribution is 7.90. The van der Waals surface area contributed by atoms with Gasteiger partial charge in [0.05, 0.1) is 5.75 Å². The van der Waals surface area contributed by atoms with Crippen LogP contribution in [0.2, 0.25) is 0 Å². The van der Waals surface area contributed by atoms with Gasteiger partial charge in [0.25, 0.3) is 0 Å². The highest BCUT2D eigenvalue weighted by Gasteiger charge is 2.25. The third kappa shape index (κ3) is 3.93. The SMILES string of the molecule is O=S(=O)(Cc1cccc(C2CCN(Cc3c[nH]c4ccccc34)C2)c1)c1ccsn1. The van der Waals surface area contributed by atoms with Gasteiger partial charge in [-0.3, -0.25) is 4.90 Å². The lowest BCUT2D eigenvalue weighted by Crippen LogP contribution is -2.19. The van der Waals surface area contributed by atoms with E-state index in [0.717, 1.165) is 31.6 Å². The summed E-state index contributed by atoms with van der Waals surface area (Å²) in [5.74, 6) is 0.424. The fraction of sp³-hybridized carbons (Fsp3) is 0.261. The van der Waals surface area contributed by atoms with E-state index in [-0.39, 0.29) is 10.8 Å². The van der Waals surface area contributed by atoms with Gasteiger partial charge in [0, 0.05) is 35.6 Å². The number of nitrogens with zero attached hydrogens (tertiary/aromatic N) is 2. The Morgan fingerprint density at radius 2 is 2.03 bits per heavy atom. The lowest BCUT2D eigenvalue weighted by molar-refractivity contribution is 0.328. The second-order valence-corrected chi connectivity index (χ2v) is 10.5. The Labute approximate surface area is 180 Å². The first-order valence-corrected chi connectivity index (χ1v) is 12.6. The first-order valence-electron chi connectivity index (χ1n) is 10.1. The molecule has 154 valence electrons. The van der Waals surface area contributed by atoms with Gasteiger partial charge in [-0.2, -0.15) is 4.37 Å². The minimum Gasteiger partial charge on any atom is -0.361 e. The molecule has 0 saturated carbocycles. The van der Waals surface area contributed by atoms with Crippen molar-refractivity contribution in [2.45, 2.75) is 29.7 Å². The average molecular weight is 438 g/mol. The van der Waals surface area contributed by atoms with Crippen molar-refractivity contribution in [3.8, 4) is 0 Å². The van der Waals surface area contributed by atoms with Crippen molar-refractivity contribution in [3.63, 3.8) is 0 Å². The minimum absolute atomic E-state index is 0.00362. The zero-order chi connectivity index (χ0) is 20.6. The third-order valence-corrected chi connectivity index (χ3v) is 8.11. The van der Waals surface area contributed by atoms with Crippen molar-refractivity contribution in [2.75, 3.05) is 13.1 Å². The molecule has 5 rings (SSSR count). The number of sulfone groups is 1. The van der Waals surface area contributed by atoms with Crippen LogP contribution in [0, 0.1) is 0 Å². The monoisotopic (exact) mass is 437 g/mol. The molecule has 1 saturated heterocycles. The van der Waals surface area contributed by atoms with Gasteiger partial charge in [-0.1, -0.05) is 42.5 Å². The Kier molecular flexibility index (Phi) is 5.18. The van der Waals surface area contributed by atoms with Crippen LogP contribution in [0.3, 0.4) is 0 Å². The first-order chi connectivity index (χ1) is 14.6. The second kappa shape index (κ2) is 7.98. The zero-order valence-corrected chi connectivity index (χ0v) is 18.1. The van der Waals surface area contributed by atoms with Crippen molar-refractivity contribution in [2.24, 2.45) is 0 Å². The molecule has 7 heteroatoms. The lowest BCUT2D eigenvalue weighted by Gasteiger charge is -2.16. The van der Waals surface area contributed by atoms with Crippen LogP contribution in [0.5, 0.6) is 0 Å². The van der Waals surface area contributed by atoms with Gasteiger partial charge in [-0.25, -0.2) is 8.42 Å². The summed E-state index contributed by atoms with van der Waals surface area (Å²) in [6, 6.07) is 18.0. The molecule has 1 aliphatic rings. The van der Waals surface area contributed by atoms with Crippen LogP contribution in [-0.4, -0.2) is 35.8 Å². The summed E-state index contributed by atoms with van der Waals surface area (Å²) < 4.78 is 29.1. The fourth-order valence-corrected chi connectivity index (χ4v) is 6.47. The predicted octanol–water partition coefficient (Wildman–Crippen LogP) is 4.59. The molecule has 30 heavy (non-hydrogen) atoms. The molecular weight excluding hydrogens is 414 g/mol. The number of nitrogens with one attached hydrogen (secondary N) is 1. The standard InChI is InChI=1S/C23H23N3O2S2/c27-30(28,23-9-11-29-25-23)16-17-4-3-5-18(12-17)19-8-10-26(14-19)15-20-13-24-22-7-2-1-6-21(20)22/h1-7,9,11-13,19,24H,8,10,14-16H2. The molecule has 0 aliphatic carbocycles. The van der Waals surface area contributed by atoms with Crippen molar-refractivity contribution in [1.29, 1.82) is 0 Å². The van der Waals surface area contributed by atoms with Gasteiger partial charge in [0.2, 0.25) is 9.84 Å². The number of fused-ring (bicyclic) bond motifs is 1. The second-order valence-electron chi connectivity index (χ2n) is 7.92. The van der Waals surface area contributed by atoms with Gasteiger partial charge in [0.1, 0.15) is 0 Å². The summed E-state index contributed by atoms with van der Waals surface area (Å²) in [5.41, 5.74) is 4.56. The van der Waals surface area contributed by atoms with Crippen molar-refractivity contribution in [1.82, 2.24) is 14.3 Å². The molecule has 1 N–H and O–H groups in total. The number of para-hydroxylation sites is 1. The van der Waals surface area contributed by atoms with Gasteiger partial charge in [-0.05, 0) is 59.2 Å². The molecule has 0 bridgehead atoms. The minimum atomic E-state index is -3.39. The lowest BCUT2D eigenvalue weighted by atomic mass is 9.97. The van der Waals surface area contributed by atoms with E-state index < -0.39 is 9.84 Å². The molecule has 5 nitrogen and oxygen atoms in total. The molecular formula is C23H23N3O2S2. The maximum atomic E-state index is 12.6. The number of benzene rings is 2. The Balaban J connectivity index is 1.28. The van der Waals surface area contributed by atoms with Gasteiger partial charge in [-0.15, -0.1) is 0 Å².